The number of thioether (sulfide) groups is 1. The minimum atomic E-state index is -1.16. The van der Waals surface area contributed by atoms with Crippen molar-refractivity contribution in [1.29, 1.82) is 5.26 Å². The van der Waals surface area contributed by atoms with Crippen LogP contribution in [0.15, 0.2) is 0 Å². The van der Waals surface area contributed by atoms with Gasteiger partial charge >= 0.3 is 5.97 Å². The van der Waals surface area contributed by atoms with Crippen molar-refractivity contribution in [3.05, 3.63) is 0 Å². The molecule has 3 N–H and O–H groups in total. The molecule has 1 amide bonds. The molecule has 0 saturated heterocycles. The molecule has 0 aromatic rings. The number of aliphatic hydroxyl groups excluding tert-OH is 1. The van der Waals surface area contributed by atoms with Crippen molar-refractivity contribution in [2.24, 2.45) is 0 Å². The van der Waals surface area contributed by atoms with Crippen molar-refractivity contribution in [3.63, 3.8) is 0 Å². The average molecular weight is 232 g/mol. The Hall–Kier alpha value is -1.26. The molecule has 0 rings (SSSR count). The molecular weight excluding hydrogens is 220 g/mol. The van der Waals surface area contributed by atoms with E-state index in [2.05, 4.69) is 5.32 Å². The number of carbonyl (C=O) groups excluding carboxylic acids is 1. The van der Waals surface area contributed by atoms with E-state index >= 15 is 0 Å². The maximum absolute atomic E-state index is 10.7. The standard InChI is InChI=1S/C8H12N2O4S/c1-5(12)10-7(8(13)14)4-15-6(2-9)3-11/h6-7,11H,3-4H2,1H3,(H,10,12)(H,13,14)/t6-,7-/m0/s1. The SMILES string of the molecule is CC(=O)N[C@@H](CS[C@@H](C#N)CO)C(=O)O. The third-order valence-electron chi connectivity index (χ3n) is 1.45. The minimum absolute atomic E-state index is 0.0493. The first-order chi connectivity index (χ1) is 7.01. The molecule has 84 valence electrons. The average Bonchev–Trinajstić information content (AvgIpc) is 2.16. The molecule has 0 radical (unpaired) electrons. The Morgan fingerprint density at radius 2 is 2.20 bits per heavy atom. The molecule has 0 saturated carbocycles. The van der Waals surface area contributed by atoms with E-state index < -0.39 is 23.2 Å². The van der Waals surface area contributed by atoms with Crippen molar-refractivity contribution in [2.45, 2.75) is 18.2 Å². The highest BCUT2D eigenvalue weighted by Gasteiger charge is 2.20. The molecule has 0 spiro atoms. The van der Waals surface area contributed by atoms with Gasteiger partial charge in [0.05, 0.1) is 12.7 Å². The number of amides is 1. The number of carbonyl (C=O) groups is 2. The van der Waals surface area contributed by atoms with Gasteiger partial charge < -0.3 is 15.5 Å². The zero-order valence-corrected chi connectivity index (χ0v) is 8.95. The predicted molar refractivity (Wildman–Crippen MR) is 54.2 cm³/mol. The summed E-state index contributed by atoms with van der Waals surface area (Å²) in [6.45, 7) is 0.877. The monoisotopic (exact) mass is 232 g/mol. The number of aliphatic hydroxyl groups is 1. The van der Waals surface area contributed by atoms with Gasteiger partial charge in [0.15, 0.2) is 0 Å². The predicted octanol–water partition coefficient (Wildman–Crippen LogP) is -0.807. The number of hydrogen-bond acceptors (Lipinski definition) is 5. The van der Waals surface area contributed by atoms with Crippen molar-refractivity contribution in [1.82, 2.24) is 5.32 Å². The number of carboxylic acids is 1. The number of nitriles is 1. The third kappa shape index (κ3) is 5.93. The van der Waals surface area contributed by atoms with Crippen LogP contribution in [0.2, 0.25) is 0 Å². The Bertz CT molecular complexity index is 276. The Morgan fingerprint density at radius 3 is 2.53 bits per heavy atom. The highest BCUT2D eigenvalue weighted by Crippen LogP contribution is 2.11. The van der Waals surface area contributed by atoms with E-state index in [1.54, 1.807) is 6.07 Å². The molecule has 0 aliphatic rings. The molecular formula is C8H12N2O4S. The van der Waals surface area contributed by atoms with E-state index in [0.29, 0.717) is 0 Å². The highest BCUT2D eigenvalue weighted by atomic mass is 32.2. The summed E-state index contributed by atoms with van der Waals surface area (Å²) in [7, 11) is 0. The molecule has 15 heavy (non-hydrogen) atoms. The van der Waals surface area contributed by atoms with Gasteiger partial charge in [-0.05, 0) is 0 Å². The summed E-state index contributed by atoms with van der Waals surface area (Å²) in [6.07, 6.45) is 0. The largest absolute Gasteiger partial charge is 0.480 e. The van der Waals surface area contributed by atoms with Gasteiger partial charge in [0.2, 0.25) is 5.91 Å². The quantitative estimate of drug-likeness (QED) is 0.552. The van der Waals surface area contributed by atoms with E-state index in [-0.39, 0.29) is 12.4 Å². The fourth-order valence-electron chi connectivity index (χ4n) is 0.763. The first kappa shape index (κ1) is 13.7. The minimum Gasteiger partial charge on any atom is -0.480 e. The van der Waals surface area contributed by atoms with E-state index in [1.165, 1.54) is 6.92 Å². The van der Waals surface area contributed by atoms with E-state index in [4.69, 9.17) is 15.5 Å². The Morgan fingerprint density at radius 1 is 1.60 bits per heavy atom. The van der Waals surface area contributed by atoms with E-state index in [0.717, 1.165) is 11.8 Å². The second-order valence-corrected chi connectivity index (χ2v) is 3.96. The topological polar surface area (TPSA) is 110 Å². The van der Waals surface area contributed by atoms with Crippen LogP contribution in [0, 0.1) is 11.3 Å². The Balaban J connectivity index is 4.13. The van der Waals surface area contributed by atoms with Gasteiger partial charge in [-0.1, -0.05) is 0 Å². The molecule has 7 heteroatoms. The Labute approximate surface area is 91.3 Å². The molecule has 0 heterocycles. The summed E-state index contributed by atoms with van der Waals surface area (Å²) in [4.78, 5) is 21.3. The lowest BCUT2D eigenvalue weighted by molar-refractivity contribution is -0.140. The molecule has 2 atom stereocenters. The maximum atomic E-state index is 10.7. The lowest BCUT2D eigenvalue weighted by atomic mass is 10.3. The fraction of sp³-hybridized carbons (Fsp3) is 0.625. The summed E-state index contributed by atoms with van der Waals surface area (Å²) in [6, 6.07) is 0.774. The summed E-state index contributed by atoms with van der Waals surface area (Å²) < 4.78 is 0. The van der Waals surface area contributed by atoms with Crippen LogP contribution in [-0.4, -0.2) is 45.7 Å². The summed E-state index contributed by atoms with van der Waals surface area (Å²) in [5.74, 6) is -1.55. The van der Waals surface area contributed by atoms with E-state index in [9.17, 15) is 9.59 Å². The van der Waals surface area contributed by atoms with Gasteiger partial charge in [-0.2, -0.15) is 5.26 Å². The lowest BCUT2D eigenvalue weighted by Gasteiger charge is -2.13. The number of rotatable bonds is 6. The third-order valence-corrected chi connectivity index (χ3v) is 2.63. The van der Waals surface area contributed by atoms with Crippen LogP contribution in [0.1, 0.15) is 6.92 Å². The van der Waals surface area contributed by atoms with Gasteiger partial charge in [-0.15, -0.1) is 11.8 Å². The number of hydrogen-bond donors (Lipinski definition) is 3. The van der Waals surface area contributed by atoms with Crippen LogP contribution in [0.3, 0.4) is 0 Å². The lowest BCUT2D eigenvalue weighted by Crippen LogP contribution is -2.41. The molecule has 0 bridgehead atoms. The zero-order chi connectivity index (χ0) is 11.8. The number of aliphatic carboxylic acids is 1. The second-order valence-electron chi connectivity index (χ2n) is 2.72. The highest BCUT2D eigenvalue weighted by molar-refractivity contribution is 8.00. The van der Waals surface area contributed by atoms with Gasteiger partial charge in [0, 0.05) is 12.7 Å². The molecule has 0 aromatic carbocycles. The van der Waals surface area contributed by atoms with E-state index in [1.807, 2.05) is 0 Å². The fourth-order valence-corrected chi connectivity index (χ4v) is 1.59. The van der Waals surface area contributed by atoms with Crippen LogP contribution in [0.4, 0.5) is 0 Å². The molecule has 0 aromatic heterocycles. The zero-order valence-electron chi connectivity index (χ0n) is 8.14. The van der Waals surface area contributed by atoms with Gasteiger partial charge in [0.1, 0.15) is 11.3 Å². The van der Waals surface area contributed by atoms with Gasteiger partial charge in [-0.25, -0.2) is 4.79 Å². The van der Waals surface area contributed by atoms with Gasteiger partial charge in [0.25, 0.3) is 0 Å². The van der Waals surface area contributed by atoms with Crippen LogP contribution in [0.25, 0.3) is 0 Å². The van der Waals surface area contributed by atoms with Crippen LogP contribution in [-0.2, 0) is 9.59 Å². The van der Waals surface area contributed by atoms with Crippen molar-refractivity contribution in [3.8, 4) is 6.07 Å². The molecule has 0 unspecified atom stereocenters. The van der Waals surface area contributed by atoms with Crippen LogP contribution >= 0.6 is 11.8 Å². The van der Waals surface area contributed by atoms with Crippen molar-refractivity contribution < 1.29 is 19.8 Å². The number of nitrogens with one attached hydrogen (secondary N) is 1. The summed E-state index contributed by atoms with van der Waals surface area (Å²) in [5, 5.41) is 27.4. The smallest absolute Gasteiger partial charge is 0.327 e. The molecule has 0 aliphatic heterocycles. The van der Waals surface area contributed by atoms with Gasteiger partial charge in [-0.3, -0.25) is 4.79 Å². The maximum Gasteiger partial charge on any atom is 0.327 e. The molecule has 6 nitrogen and oxygen atoms in total. The molecule has 0 aliphatic carbocycles. The summed E-state index contributed by atoms with van der Waals surface area (Å²) in [5.41, 5.74) is 0. The van der Waals surface area contributed by atoms with Crippen LogP contribution in [0.5, 0.6) is 0 Å². The molecule has 0 fully saturated rings. The first-order valence-electron chi connectivity index (χ1n) is 4.13. The van der Waals surface area contributed by atoms with Crippen molar-refractivity contribution >= 4 is 23.6 Å². The number of nitrogens with zero attached hydrogens (tertiary/aromatic N) is 1. The normalized spacial score (nSPS) is 13.7. The second kappa shape index (κ2) is 7.09. The number of carboxylic acid groups (broad SMARTS) is 1. The Kier molecular flexibility index (Phi) is 6.49. The summed E-state index contributed by atoms with van der Waals surface area (Å²) >= 11 is 0.993. The first-order valence-corrected chi connectivity index (χ1v) is 5.18. The van der Waals surface area contributed by atoms with Crippen LogP contribution < -0.4 is 5.32 Å². The van der Waals surface area contributed by atoms with Crippen molar-refractivity contribution in [2.75, 3.05) is 12.4 Å².